The molecule has 2 aromatic carbocycles. The van der Waals surface area contributed by atoms with Gasteiger partial charge < -0.3 is 9.73 Å². The van der Waals surface area contributed by atoms with E-state index in [1.54, 1.807) is 29.5 Å². The second kappa shape index (κ2) is 9.15. The Morgan fingerprint density at radius 1 is 1.10 bits per heavy atom. The average molecular weight is 429 g/mol. The van der Waals surface area contributed by atoms with Crippen molar-refractivity contribution in [1.29, 1.82) is 0 Å². The lowest BCUT2D eigenvalue weighted by molar-refractivity contribution is -0.118. The van der Waals surface area contributed by atoms with E-state index in [1.165, 1.54) is 6.07 Å². The van der Waals surface area contributed by atoms with Crippen LogP contribution in [0.15, 0.2) is 58.2 Å². The van der Waals surface area contributed by atoms with Gasteiger partial charge in [0.05, 0.1) is 21.0 Å². The van der Waals surface area contributed by atoms with Crippen LogP contribution in [-0.2, 0) is 24.2 Å². The number of aryl methyl sites for hydroxylation is 2. The zero-order valence-corrected chi connectivity index (χ0v) is 16.9. The number of amides is 1. The summed E-state index contributed by atoms with van der Waals surface area (Å²) in [5.41, 5.74) is 1.44. The third-order valence-electron chi connectivity index (χ3n) is 4.10. The van der Waals surface area contributed by atoms with Crippen molar-refractivity contribution in [2.45, 2.75) is 24.6 Å². The summed E-state index contributed by atoms with van der Waals surface area (Å²) in [6.07, 6.45) is 1.31. The number of aromatic nitrogens is 3. The number of nitrogens with one attached hydrogen (secondary N) is 1. The van der Waals surface area contributed by atoms with Gasteiger partial charge in [-0.3, -0.25) is 4.79 Å². The number of halogens is 1. The minimum absolute atomic E-state index is 0.119. The van der Waals surface area contributed by atoms with Crippen LogP contribution in [0.5, 0.6) is 0 Å². The molecule has 2 aromatic heterocycles. The first kappa shape index (κ1) is 19.5. The van der Waals surface area contributed by atoms with Crippen LogP contribution in [0.4, 0.5) is 4.39 Å². The molecule has 0 aliphatic heterocycles. The number of hydrogen-bond acceptors (Lipinski definition) is 7. The predicted molar refractivity (Wildman–Crippen MR) is 110 cm³/mol. The SMILES string of the molecule is O=C(CSc1nnc(CCc2nc3ccccc3s2)o1)NCc1ccccc1F. The number of carbonyl (C=O) groups is 1. The van der Waals surface area contributed by atoms with Crippen LogP contribution in [0, 0.1) is 5.82 Å². The number of rotatable bonds is 8. The van der Waals surface area contributed by atoms with Crippen LogP contribution >= 0.6 is 23.1 Å². The standard InChI is InChI=1S/C20H17FN4O2S2/c21-14-6-2-1-5-13(14)11-22-17(26)12-28-20-25-24-18(27-20)9-10-19-23-15-7-3-4-8-16(15)29-19/h1-8H,9-12H2,(H,22,26). The number of benzene rings is 2. The van der Waals surface area contributed by atoms with E-state index in [9.17, 15) is 9.18 Å². The van der Waals surface area contributed by atoms with E-state index in [1.807, 2.05) is 18.2 Å². The molecule has 1 N–H and O–H groups in total. The lowest BCUT2D eigenvalue weighted by Crippen LogP contribution is -2.25. The number of thiazole rings is 1. The van der Waals surface area contributed by atoms with Gasteiger partial charge in [-0.2, -0.15) is 0 Å². The molecule has 29 heavy (non-hydrogen) atoms. The summed E-state index contributed by atoms with van der Waals surface area (Å²) in [6.45, 7) is 0.142. The van der Waals surface area contributed by atoms with E-state index in [0.29, 0.717) is 23.1 Å². The zero-order valence-electron chi connectivity index (χ0n) is 15.3. The fourth-order valence-corrected chi connectivity index (χ4v) is 4.23. The van der Waals surface area contributed by atoms with Gasteiger partial charge in [0, 0.05) is 24.9 Å². The highest BCUT2D eigenvalue weighted by Gasteiger charge is 2.12. The molecule has 0 saturated heterocycles. The van der Waals surface area contributed by atoms with Crippen molar-refractivity contribution in [2.24, 2.45) is 0 Å². The summed E-state index contributed by atoms with van der Waals surface area (Å²) in [5.74, 6) is 0.0645. The third kappa shape index (κ3) is 5.18. The third-order valence-corrected chi connectivity index (χ3v) is 6.01. The van der Waals surface area contributed by atoms with Gasteiger partial charge in [-0.1, -0.05) is 42.1 Å². The first-order valence-electron chi connectivity index (χ1n) is 8.97. The quantitative estimate of drug-likeness (QED) is 0.427. The molecule has 9 heteroatoms. The Morgan fingerprint density at radius 3 is 2.79 bits per heavy atom. The van der Waals surface area contributed by atoms with Gasteiger partial charge in [0.25, 0.3) is 5.22 Å². The van der Waals surface area contributed by atoms with Crippen LogP contribution in [0.1, 0.15) is 16.5 Å². The second-order valence-electron chi connectivity index (χ2n) is 6.19. The smallest absolute Gasteiger partial charge is 0.277 e. The van der Waals surface area contributed by atoms with Crippen LogP contribution < -0.4 is 5.32 Å². The van der Waals surface area contributed by atoms with Crippen LogP contribution in [-0.4, -0.2) is 26.8 Å². The Balaban J connectivity index is 1.23. The molecule has 0 unspecified atom stereocenters. The Hall–Kier alpha value is -2.78. The monoisotopic (exact) mass is 428 g/mol. The molecule has 1 amide bonds. The number of hydrogen-bond donors (Lipinski definition) is 1. The van der Waals surface area contributed by atoms with Gasteiger partial charge in [-0.15, -0.1) is 21.5 Å². The molecule has 0 bridgehead atoms. The molecule has 6 nitrogen and oxygen atoms in total. The molecular weight excluding hydrogens is 411 g/mol. The summed E-state index contributed by atoms with van der Waals surface area (Å²) in [4.78, 5) is 16.5. The van der Waals surface area contributed by atoms with Gasteiger partial charge in [0.15, 0.2) is 0 Å². The van der Waals surface area contributed by atoms with Crippen molar-refractivity contribution in [2.75, 3.05) is 5.75 Å². The second-order valence-corrected chi connectivity index (χ2v) is 8.24. The molecule has 0 saturated carbocycles. The summed E-state index contributed by atoms with van der Waals surface area (Å²) in [7, 11) is 0. The molecule has 148 valence electrons. The lowest BCUT2D eigenvalue weighted by Gasteiger charge is -2.05. The number of thioether (sulfide) groups is 1. The van der Waals surface area contributed by atoms with Gasteiger partial charge >= 0.3 is 0 Å². The number of carbonyl (C=O) groups excluding carboxylic acids is 1. The van der Waals surface area contributed by atoms with E-state index < -0.39 is 0 Å². The summed E-state index contributed by atoms with van der Waals surface area (Å²) in [6, 6.07) is 14.4. The molecule has 0 fully saturated rings. The van der Waals surface area contributed by atoms with Crippen LogP contribution in [0.2, 0.25) is 0 Å². The highest BCUT2D eigenvalue weighted by atomic mass is 32.2. The van der Waals surface area contributed by atoms with Crippen molar-refractivity contribution < 1.29 is 13.6 Å². The molecule has 0 aliphatic rings. The molecular formula is C20H17FN4O2S2. The topological polar surface area (TPSA) is 80.9 Å². The molecule has 4 rings (SSSR count). The number of para-hydroxylation sites is 1. The maximum atomic E-state index is 13.6. The highest BCUT2D eigenvalue weighted by molar-refractivity contribution is 7.99. The van der Waals surface area contributed by atoms with Gasteiger partial charge in [0.1, 0.15) is 5.82 Å². The number of nitrogens with zero attached hydrogens (tertiary/aromatic N) is 3. The molecule has 4 aromatic rings. The van der Waals surface area contributed by atoms with Crippen molar-refractivity contribution in [3.63, 3.8) is 0 Å². The Morgan fingerprint density at radius 2 is 1.93 bits per heavy atom. The van der Waals surface area contributed by atoms with Gasteiger partial charge in [-0.25, -0.2) is 9.37 Å². The van der Waals surface area contributed by atoms with Gasteiger partial charge in [-0.05, 0) is 18.2 Å². The summed E-state index contributed by atoms with van der Waals surface area (Å²) in [5, 5.41) is 12.0. The fourth-order valence-electron chi connectivity index (χ4n) is 2.65. The molecule has 0 atom stereocenters. The molecule has 0 radical (unpaired) electrons. The van der Waals surface area contributed by atoms with E-state index in [4.69, 9.17) is 4.42 Å². The van der Waals surface area contributed by atoms with Crippen LogP contribution in [0.25, 0.3) is 10.2 Å². The average Bonchev–Trinajstić information content (AvgIpc) is 3.36. The van der Waals surface area contributed by atoms with Crippen LogP contribution in [0.3, 0.4) is 0 Å². The fraction of sp³-hybridized carbons (Fsp3) is 0.200. The van der Waals surface area contributed by atoms with E-state index in [-0.39, 0.29) is 24.0 Å². The Labute approximate surface area is 174 Å². The van der Waals surface area contributed by atoms with Gasteiger partial charge in [0.2, 0.25) is 11.8 Å². The lowest BCUT2D eigenvalue weighted by atomic mass is 10.2. The Kier molecular flexibility index (Phi) is 6.16. The highest BCUT2D eigenvalue weighted by Crippen LogP contribution is 2.23. The molecule has 2 heterocycles. The number of fused-ring (bicyclic) bond motifs is 1. The van der Waals surface area contributed by atoms with Crippen molar-refractivity contribution in [3.05, 3.63) is 70.8 Å². The van der Waals surface area contributed by atoms with E-state index >= 15 is 0 Å². The van der Waals surface area contributed by atoms with Crippen molar-refractivity contribution >= 4 is 39.2 Å². The van der Waals surface area contributed by atoms with Crippen molar-refractivity contribution in [1.82, 2.24) is 20.5 Å². The molecule has 0 spiro atoms. The summed E-state index contributed by atoms with van der Waals surface area (Å²) >= 11 is 2.81. The predicted octanol–water partition coefficient (Wildman–Crippen LogP) is 4.01. The zero-order chi connectivity index (χ0) is 20.1. The maximum absolute atomic E-state index is 13.6. The van der Waals surface area contributed by atoms with Crippen molar-refractivity contribution in [3.8, 4) is 0 Å². The summed E-state index contributed by atoms with van der Waals surface area (Å²) < 4.78 is 20.3. The largest absolute Gasteiger partial charge is 0.416 e. The first-order valence-corrected chi connectivity index (χ1v) is 10.8. The van der Waals surface area contributed by atoms with E-state index in [2.05, 4.69) is 26.6 Å². The molecule has 0 aliphatic carbocycles. The Bertz CT molecular complexity index is 1100. The normalized spacial score (nSPS) is 11.1. The minimum atomic E-state index is -0.338. The maximum Gasteiger partial charge on any atom is 0.277 e. The first-order chi connectivity index (χ1) is 14.2. The van der Waals surface area contributed by atoms with E-state index in [0.717, 1.165) is 33.4 Å². The minimum Gasteiger partial charge on any atom is -0.416 e.